The third-order valence-corrected chi connectivity index (χ3v) is 1.09. The Hall–Kier alpha value is -1.36. The van der Waals surface area contributed by atoms with E-state index in [1.807, 2.05) is 5.43 Å². The molecule has 0 aliphatic rings. The summed E-state index contributed by atoms with van der Waals surface area (Å²) in [4.78, 5) is 20.7. The number of nitrogens with one attached hydrogen (secondary N) is 1. The maximum Gasteiger partial charge on any atom is 0.254 e. The molecule has 0 unspecified atom stereocenters. The SMILES string of the molecule is NNc1c(N)c(=O)c1=O. The van der Waals surface area contributed by atoms with Gasteiger partial charge in [-0.3, -0.25) is 15.4 Å². The predicted molar refractivity (Wildman–Crippen MR) is 33.6 cm³/mol. The molecule has 5 heteroatoms. The van der Waals surface area contributed by atoms with Gasteiger partial charge in [-0.1, -0.05) is 0 Å². The minimum Gasteiger partial charge on any atom is -0.394 e. The highest BCUT2D eigenvalue weighted by Gasteiger charge is 2.15. The van der Waals surface area contributed by atoms with E-state index in [-0.39, 0.29) is 11.4 Å². The van der Waals surface area contributed by atoms with Crippen LogP contribution in [0.5, 0.6) is 0 Å². The van der Waals surface area contributed by atoms with Crippen molar-refractivity contribution in [3.8, 4) is 0 Å². The van der Waals surface area contributed by atoms with Gasteiger partial charge in [0.05, 0.1) is 0 Å². The molecule has 1 aromatic rings. The summed E-state index contributed by atoms with van der Waals surface area (Å²) in [5.41, 5.74) is 5.67. The van der Waals surface area contributed by atoms with Gasteiger partial charge in [-0.2, -0.15) is 0 Å². The van der Waals surface area contributed by atoms with Crippen molar-refractivity contribution in [2.75, 3.05) is 11.2 Å². The zero-order valence-electron chi connectivity index (χ0n) is 4.47. The lowest BCUT2D eigenvalue weighted by Gasteiger charge is -2.02. The van der Waals surface area contributed by atoms with Gasteiger partial charge < -0.3 is 11.2 Å². The molecule has 1 rings (SSSR count). The molecule has 0 aliphatic heterocycles. The lowest BCUT2D eigenvalue weighted by molar-refractivity contribution is 1.28. The molecule has 0 heterocycles. The highest BCUT2D eigenvalue weighted by atomic mass is 16.2. The van der Waals surface area contributed by atoms with Gasteiger partial charge in [0.15, 0.2) is 0 Å². The smallest absolute Gasteiger partial charge is 0.254 e. The van der Waals surface area contributed by atoms with Crippen LogP contribution in [0.2, 0.25) is 0 Å². The summed E-state index contributed by atoms with van der Waals surface area (Å²) in [6.07, 6.45) is 0. The van der Waals surface area contributed by atoms with Gasteiger partial charge in [-0.05, 0) is 0 Å². The van der Waals surface area contributed by atoms with E-state index in [4.69, 9.17) is 11.6 Å². The standard InChI is InChI=1S/C4H5N3O2/c5-1-2(7-6)4(9)3(1)8/h7H,5-6H2. The number of hydrogen-bond acceptors (Lipinski definition) is 5. The zero-order chi connectivity index (χ0) is 7.02. The molecule has 0 aliphatic carbocycles. The highest BCUT2D eigenvalue weighted by molar-refractivity contribution is 5.70. The summed E-state index contributed by atoms with van der Waals surface area (Å²) >= 11 is 0. The van der Waals surface area contributed by atoms with Gasteiger partial charge in [0.25, 0.3) is 10.9 Å². The van der Waals surface area contributed by atoms with Gasteiger partial charge in [-0.15, -0.1) is 0 Å². The first-order valence-corrected chi connectivity index (χ1v) is 2.24. The minimum absolute atomic E-state index is 0.0139. The number of hydrogen-bond donors (Lipinski definition) is 3. The third kappa shape index (κ3) is 0.516. The molecular formula is C4H5N3O2. The van der Waals surface area contributed by atoms with Crippen LogP contribution in [0.1, 0.15) is 0 Å². The van der Waals surface area contributed by atoms with E-state index in [0.29, 0.717) is 0 Å². The Morgan fingerprint density at radius 1 is 1.22 bits per heavy atom. The summed E-state index contributed by atoms with van der Waals surface area (Å²) in [6.45, 7) is 0. The van der Waals surface area contributed by atoms with E-state index in [9.17, 15) is 9.59 Å². The molecule has 0 aromatic heterocycles. The van der Waals surface area contributed by atoms with Crippen molar-refractivity contribution in [2.45, 2.75) is 0 Å². The average Bonchev–Trinajstić information content (AvgIpc) is 1.89. The fraction of sp³-hybridized carbons (Fsp3) is 0. The Kier molecular flexibility index (Phi) is 1.000. The van der Waals surface area contributed by atoms with Crippen LogP contribution in [-0.4, -0.2) is 0 Å². The van der Waals surface area contributed by atoms with Crippen LogP contribution < -0.4 is 27.9 Å². The molecule has 0 spiro atoms. The van der Waals surface area contributed by atoms with Crippen molar-refractivity contribution in [3.05, 3.63) is 20.4 Å². The van der Waals surface area contributed by atoms with Crippen molar-refractivity contribution in [1.82, 2.24) is 0 Å². The minimum atomic E-state index is -0.664. The van der Waals surface area contributed by atoms with E-state index in [1.54, 1.807) is 0 Å². The molecular weight excluding hydrogens is 122 g/mol. The van der Waals surface area contributed by atoms with E-state index >= 15 is 0 Å². The first-order valence-electron chi connectivity index (χ1n) is 2.24. The van der Waals surface area contributed by atoms with Crippen LogP contribution in [0.15, 0.2) is 9.59 Å². The predicted octanol–water partition coefficient (Wildman–Crippen LogP) is -1.85. The van der Waals surface area contributed by atoms with E-state index in [2.05, 4.69) is 0 Å². The normalized spacial score (nSPS) is 9.89. The fourth-order valence-electron chi connectivity index (χ4n) is 0.552. The maximum absolute atomic E-state index is 10.4. The van der Waals surface area contributed by atoms with Crippen molar-refractivity contribution in [3.63, 3.8) is 0 Å². The van der Waals surface area contributed by atoms with Crippen molar-refractivity contribution < 1.29 is 0 Å². The summed E-state index contributed by atoms with van der Waals surface area (Å²) in [7, 11) is 0. The van der Waals surface area contributed by atoms with Gasteiger partial charge >= 0.3 is 0 Å². The Balaban J connectivity index is 3.25. The summed E-state index contributed by atoms with van der Waals surface area (Å²) in [5, 5.41) is 0. The van der Waals surface area contributed by atoms with Crippen molar-refractivity contribution >= 4 is 11.4 Å². The molecule has 48 valence electrons. The van der Waals surface area contributed by atoms with Crippen LogP contribution in [0.3, 0.4) is 0 Å². The summed E-state index contributed by atoms with van der Waals surface area (Å²) in [5.74, 6) is 4.82. The Labute approximate surface area is 49.9 Å². The molecule has 1 aromatic carbocycles. The lowest BCUT2D eigenvalue weighted by atomic mass is 10.2. The number of rotatable bonds is 1. The van der Waals surface area contributed by atoms with Crippen LogP contribution in [0.25, 0.3) is 0 Å². The number of hydrazine groups is 1. The monoisotopic (exact) mass is 127 g/mol. The van der Waals surface area contributed by atoms with E-state index in [1.165, 1.54) is 0 Å². The van der Waals surface area contributed by atoms with E-state index < -0.39 is 10.9 Å². The third-order valence-electron chi connectivity index (χ3n) is 1.09. The second-order valence-electron chi connectivity index (χ2n) is 1.59. The Morgan fingerprint density at radius 3 is 2.00 bits per heavy atom. The molecule has 0 saturated heterocycles. The van der Waals surface area contributed by atoms with Gasteiger partial charge in [0.2, 0.25) is 0 Å². The maximum atomic E-state index is 10.4. The molecule has 0 fully saturated rings. The summed E-state index contributed by atoms with van der Waals surface area (Å²) in [6, 6.07) is 0. The topological polar surface area (TPSA) is 98.2 Å². The molecule has 0 radical (unpaired) electrons. The molecule has 5 nitrogen and oxygen atoms in total. The highest BCUT2D eigenvalue weighted by Crippen LogP contribution is 2.05. The first kappa shape index (κ1) is 5.77. The van der Waals surface area contributed by atoms with Gasteiger partial charge in [-0.25, -0.2) is 0 Å². The zero-order valence-corrected chi connectivity index (χ0v) is 4.47. The number of nitrogen functional groups attached to an aromatic ring is 2. The van der Waals surface area contributed by atoms with Crippen LogP contribution >= 0.6 is 0 Å². The second kappa shape index (κ2) is 1.56. The van der Waals surface area contributed by atoms with E-state index in [0.717, 1.165) is 0 Å². The molecule has 0 amide bonds. The first-order chi connectivity index (χ1) is 4.18. The number of anilines is 2. The second-order valence-corrected chi connectivity index (χ2v) is 1.59. The van der Waals surface area contributed by atoms with Crippen LogP contribution in [-0.2, 0) is 0 Å². The van der Waals surface area contributed by atoms with Gasteiger partial charge in [0, 0.05) is 0 Å². The Bertz CT molecular complexity index is 296. The molecule has 9 heavy (non-hydrogen) atoms. The van der Waals surface area contributed by atoms with Crippen LogP contribution in [0.4, 0.5) is 11.4 Å². The molecule has 0 saturated carbocycles. The molecule has 0 bridgehead atoms. The average molecular weight is 127 g/mol. The quantitative estimate of drug-likeness (QED) is 0.234. The van der Waals surface area contributed by atoms with Crippen LogP contribution in [0, 0.1) is 0 Å². The largest absolute Gasteiger partial charge is 0.394 e. The fourth-order valence-corrected chi connectivity index (χ4v) is 0.552. The lowest BCUT2D eigenvalue weighted by Crippen LogP contribution is -2.38. The Morgan fingerprint density at radius 2 is 1.78 bits per heavy atom. The van der Waals surface area contributed by atoms with Gasteiger partial charge in [0.1, 0.15) is 11.4 Å². The summed E-state index contributed by atoms with van der Waals surface area (Å²) < 4.78 is 0. The van der Waals surface area contributed by atoms with Crippen molar-refractivity contribution in [2.24, 2.45) is 5.84 Å². The molecule has 5 N–H and O–H groups in total. The molecule has 0 atom stereocenters. The van der Waals surface area contributed by atoms with Crippen molar-refractivity contribution in [1.29, 1.82) is 0 Å². The number of nitrogens with two attached hydrogens (primary N) is 2.